The molecule has 2 aliphatic rings. The fourth-order valence-electron chi connectivity index (χ4n) is 4.38. The van der Waals surface area contributed by atoms with Gasteiger partial charge in [0.25, 0.3) is 21.7 Å². The quantitative estimate of drug-likeness (QED) is 0.196. The van der Waals surface area contributed by atoms with Gasteiger partial charge >= 0.3 is 0 Å². The number of hydrogen-bond donors (Lipinski definition) is 4. The third kappa shape index (κ3) is 6.47. The van der Waals surface area contributed by atoms with Crippen molar-refractivity contribution in [3.63, 3.8) is 0 Å². The summed E-state index contributed by atoms with van der Waals surface area (Å²) < 4.78 is 52.1. The standard InChI is InChI=1S/C27H28ClFIN5O5S/c1-3-35-25(33-18-12-9-15(30)13-17(18)29)22(26(36)32-16-10-11-16)24(21(27(35)37)14-7-8-14)40-20-6-4-5-19(23(20)28)34-41(38,39)31-2/h4-6,9,12-14,16,31,33-34H,3,7-8,10-11H2,1-2H3,(H,32,36). The van der Waals surface area contributed by atoms with Crippen LogP contribution in [0.15, 0.2) is 41.2 Å². The van der Waals surface area contributed by atoms with E-state index >= 15 is 0 Å². The van der Waals surface area contributed by atoms with Gasteiger partial charge in [0, 0.05) is 23.2 Å². The number of nitrogens with zero attached hydrogens (tertiary/aromatic N) is 1. The zero-order valence-corrected chi connectivity index (χ0v) is 25.9. The van der Waals surface area contributed by atoms with Gasteiger partial charge in [-0.05, 0) is 91.4 Å². The Balaban J connectivity index is 1.72. The largest absolute Gasteiger partial charge is 0.454 e. The summed E-state index contributed by atoms with van der Waals surface area (Å²) >= 11 is 8.57. The van der Waals surface area contributed by atoms with Gasteiger partial charge in [-0.2, -0.15) is 8.42 Å². The lowest BCUT2D eigenvalue weighted by atomic mass is 10.0. The van der Waals surface area contributed by atoms with Crippen LogP contribution in [-0.4, -0.2) is 32.0 Å². The third-order valence-corrected chi connectivity index (χ3v) is 8.85. The molecule has 5 rings (SSSR count). The maximum absolute atomic E-state index is 15.0. The van der Waals surface area contributed by atoms with E-state index in [1.54, 1.807) is 13.0 Å². The minimum absolute atomic E-state index is 0.00398. The molecule has 0 radical (unpaired) electrons. The van der Waals surface area contributed by atoms with Gasteiger partial charge in [-0.25, -0.2) is 9.11 Å². The number of aromatic nitrogens is 1. The minimum Gasteiger partial charge on any atom is -0.454 e. The Bertz CT molecular complexity index is 1690. The van der Waals surface area contributed by atoms with Gasteiger partial charge in [-0.1, -0.05) is 17.7 Å². The van der Waals surface area contributed by atoms with Crippen LogP contribution in [0, 0.1) is 9.39 Å². The van der Waals surface area contributed by atoms with E-state index in [-0.39, 0.29) is 63.3 Å². The number of benzene rings is 2. The summed E-state index contributed by atoms with van der Waals surface area (Å²) in [5.74, 6) is -1.06. The number of ether oxygens (including phenoxy) is 1. The van der Waals surface area contributed by atoms with Gasteiger partial charge in [-0.15, -0.1) is 0 Å². The van der Waals surface area contributed by atoms with Crippen molar-refractivity contribution in [2.24, 2.45) is 0 Å². The Morgan fingerprint density at radius 2 is 1.90 bits per heavy atom. The Hall–Kier alpha value is -2.88. The van der Waals surface area contributed by atoms with Gasteiger partial charge in [0.2, 0.25) is 0 Å². The van der Waals surface area contributed by atoms with Crippen molar-refractivity contribution < 1.29 is 22.3 Å². The molecule has 218 valence electrons. The molecule has 1 heterocycles. The molecule has 0 aliphatic heterocycles. The molecule has 3 aromatic rings. The topological polar surface area (TPSA) is 131 Å². The number of nitrogens with one attached hydrogen (secondary N) is 4. The van der Waals surface area contributed by atoms with E-state index < -0.39 is 21.9 Å². The molecule has 0 unspecified atom stereocenters. The maximum atomic E-state index is 15.0. The van der Waals surface area contributed by atoms with Crippen LogP contribution in [0.4, 0.5) is 21.6 Å². The SMILES string of the molecule is CCn1c(Nc2ccc(I)cc2F)c(C(=O)NC2CC2)c(Oc2cccc(NS(=O)(=O)NC)c2Cl)c(C2CC2)c1=O. The highest BCUT2D eigenvalue weighted by Crippen LogP contribution is 2.48. The van der Waals surface area contributed by atoms with Crippen molar-refractivity contribution in [2.75, 3.05) is 17.1 Å². The van der Waals surface area contributed by atoms with E-state index in [4.69, 9.17) is 16.3 Å². The summed E-state index contributed by atoms with van der Waals surface area (Å²) in [6.45, 7) is 1.98. The monoisotopic (exact) mass is 715 g/mol. The lowest BCUT2D eigenvalue weighted by Gasteiger charge is -2.24. The number of carbonyl (C=O) groups is 1. The molecule has 1 amide bonds. The lowest BCUT2D eigenvalue weighted by Crippen LogP contribution is -2.33. The van der Waals surface area contributed by atoms with Crippen molar-refractivity contribution in [3.8, 4) is 11.5 Å². The molecule has 0 bridgehead atoms. The van der Waals surface area contributed by atoms with Crippen LogP contribution in [-0.2, 0) is 16.8 Å². The van der Waals surface area contributed by atoms with Gasteiger partial charge < -0.3 is 15.4 Å². The van der Waals surface area contributed by atoms with Gasteiger partial charge in [0.05, 0.1) is 16.9 Å². The van der Waals surface area contributed by atoms with Crippen LogP contribution in [0.2, 0.25) is 5.02 Å². The van der Waals surface area contributed by atoms with E-state index in [1.807, 2.05) is 22.6 Å². The second-order valence-electron chi connectivity index (χ2n) is 9.82. The van der Waals surface area contributed by atoms with Crippen LogP contribution >= 0.6 is 34.2 Å². The molecule has 1 aromatic heterocycles. The third-order valence-electron chi connectivity index (χ3n) is 6.77. The predicted octanol–water partition coefficient (Wildman–Crippen LogP) is 5.45. The average molecular weight is 716 g/mol. The summed E-state index contributed by atoms with van der Waals surface area (Å²) in [4.78, 5) is 27.7. The van der Waals surface area contributed by atoms with Crippen LogP contribution in [0.5, 0.6) is 11.5 Å². The highest BCUT2D eigenvalue weighted by atomic mass is 127. The van der Waals surface area contributed by atoms with Crippen LogP contribution < -0.4 is 30.4 Å². The molecule has 41 heavy (non-hydrogen) atoms. The van der Waals surface area contributed by atoms with Gasteiger partial charge in [-0.3, -0.25) is 18.9 Å². The zero-order chi connectivity index (χ0) is 29.5. The zero-order valence-electron chi connectivity index (χ0n) is 22.2. The predicted molar refractivity (Wildman–Crippen MR) is 164 cm³/mol. The van der Waals surface area contributed by atoms with Crippen LogP contribution in [0.1, 0.15) is 54.4 Å². The Morgan fingerprint density at radius 3 is 2.51 bits per heavy atom. The smallest absolute Gasteiger partial charge is 0.298 e. The summed E-state index contributed by atoms with van der Waals surface area (Å²) in [6, 6.07) is 9.06. The first-order valence-corrected chi connectivity index (χ1v) is 16.0. The summed E-state index contributed by atoms with van der Waals surface area (Å²) in [5, 5.41) is 5.89. The molecule has 2 aromatic carbocycles. The molecule has 2 aliphatic carbocycles. The fraction of sp³-hybridized carbons (Fsp3) is 0.333. The number of amides is 1. The first-order valence-electron chi connectivity index (χ1n) is 13.0. The second-order valence-corrected chi connectivity index (χ2v) is 13.1. The molecule has 10 nitrogen and oxygen atoms in total. The normalized spacial score (nSPS) is 15.0. The molecular weight excluding hydrogens is 688 g/mol. The minimum atomic E-state index is -3.89. The number of carbonyl (C=O) groups excluding carboxylic acids is 1. The van der Waals surface area contributed by atoms with Crippen molar-refractivity contribution in [2.45, 2.75) is 51.1 Å². The molecule has 0 spiro atoms. The average Bonchev–Trinajstić information content (AvgIpc) is 3.85. The Morgan fingerprint density at radius 1 is 1.17 bits per heavy atom. The van der Waals surface area contributed by atoms with Crippen molar-refractivity contribution in [3.05, 3.63) is 72.3 Å². The summed E-state index contributed by atoms with van der Waals surface area (Å²) in [7, 11) is -2.65. The highest BCUT2D eigenvalue weighted by molar-refractivity contribution is 14.1. The van der Waals surface area contributed by atoms with E-state index in [9.17, 15) is 22.4 Å². The first kappa shape index (κ1) is 29.6. The molecule has 4 N–H and O–H groups in total. The number of rotatable bonds is 11. The molecule has 0 atom stereocenters. The van der Waals surface area contributed by atoms with Crippen LogP contribution in [0.25, 0.3) is 0 Å². The van der Waals surface area contributed by atoms with E-state index in [2.05, 4.69) is 20.1 Å². The Labute approximate surface area is 255 Å². The summed E-state index contributed by atoms with van der Waals surface area (Å²) in [6.07, 6.45) is 3.10. The van der Waals surface area contributed by atoms with E-state index in [0.29, 0.717) is 9.13 Å². The number of hydrogen-bond acceptors (Lipinski definition) is 6. The lowest BCUT2D eigenvalue weighted by molar-refractivity contribution is 0.0948. The number of anilines is 3. The fourth-order valence-corrected chi connectivity index (χ4v) is 5.66. The molecule has 0 saturated heterocycles. The van der Waals surface area contributed by atoms with Crippen LogP contribution in [0.3, 0.4) is 0 Å². The Kier molecular flexibility index (Phi) is 8.51. The van der Waals surface area contributed by atoms with Crippen molar-refractivity contribution >= 4 is 67.5 Å². The van der Waals surface area contributed by atoms with Crippen molar-refractivity contribution in [1.82, 2.24) is 14.6 Å². The highest BCUT2D eigenvalue weighted by Gasteiger charge is 2.38. The molecule has 2 saturated carbocycles. The second kappa shape index (κ2) is 11.8. The first-order chi connectivity index (χ1) is 19.5. The maximum Gasteiger partial charge on any atom is 0.298 e. The van der Waals surface area contributed by atoms with E-state index in [1.165, 1.54) is 41.9 Å². The number of halogens is 3. The van der Waals surface area contributed by atoms with Gasteiger partial charge in [0.1, 0.15) is 28.0 Å². The van der Waals surface area contributed by atoms with Gasteiger partial charge in [0.15, 0.2) is 5.75 Å². The van der Waals surface area contributed by atoms with E-state index in [0.717, 1.165) is 25.7 Å². The number of pyridine rings is 1. The summed E-state index contributed by atoms with van der Waals surface area (Å²) in [5.41, 5.74) is 0.106. The molecule has 2 fully saturated rings. The molecular formula is C27H28ClFIN5O5S. The van der Waals surface area contributed by atoms with Crippen molar-refractivity contribution in [1.29, 1.82) is 0 Å². The molecule has 14 heteroatoms.